The fourth-order valence-electron chi connectivity index (χ4n) is 3.11. The molecule has 1 unspecified atom stereocenters. The number of thiazole rings is 1. The molecular formula is C19H24N4O3S. The van der Waals surface area contributed by atoms with Gasteiger partial charge in [0.2, 0.25) is 5.91 Å². The predicted molar refractivity (Wildman–Crippen MR) is 105 cm³/mol. The van der Waals surface area contributed by atoms with Gasteiger partial charge in [-0.2, -0.15) is 0 Å². The number of piperidine rings is 1. The number of nitrogens with two attached hydrogens (primary N) is 1. The molecule has 0 aliphatic carbocycles. The van der Waals surface area contributed by atoms with Crippen LogP contribution in [0, 0.1) is 5.92 Å². The summed E-state index contributed by atoms with van der Waals surface area (Å²) in [5.74, 6) is 0.506. The number of methoxy groups -OCH3 is 1. The highest BCUT2D eigenvalue weighted by atomic mass is 32.1. The fourth-order valence-corrected chi connectivity index (χ4v) is 4.00. The zero-order valence-corrected chi connectivity index (χ0v) is 16.1. The number of amides is 2. The molecule has 0 saturated carbocycles. The Labute approximate surface area is 162 Å². The van der Waals surface area contributed by atoms with E-state index < -0.39 is 0 Å². The smallest absolute Gasteiger partial charge is 0.265 e. The number of hydrogen-bond acceptors (Lipinski definition) is 6. The van der Waals surface area contributed by atoms with Crippen molar-refractivity contribution in [3.8, 4) is 16.3 Å². The van der Waals surface area contributed by atoms with Crippen molar-refractivity contribution in [3.63, 3.8) is 0 Å². The molecule has 1 aromatic heterocycles. The Morgan fingerprint density at radius 2 is 2.15 bits per heavy atom. The first-order valence-electron chi connectivity index (χ1n) is 8.99. The van der Waals surface area contributed by atoms with Gasteiger partial charge in [-0.25, -0.2) is 4.98 Å². The largest absolute Gasteiger partial charge is 0.497 e. The van der Waals surface area contributed by atoms with Crippen LogP contribution in [-0.4, -0.2) is 55.0 Å². The quantitative estimate of drug-likeness (QED) is 0.786. The highest BCUT2D eigenvalue weighted by molar-refractivity contribution is 7.16. The molecule has 144 valence electrons. The minimum absolute atomic E-state index is 0.0267. The van der Waals surface area contributed by atoms with Gasteiger partial charge in [-0.15, -0.1) is 11.3 Å². The normalized spacial score (nSPS) is 16.8. The lowest BCUT2D eigenvalue weighted by molar-refractivity contribution is -0.126. The number of nitrogens with one attached hydrogen (secondary N) is 1. The molecule has 0 bridgehead atoms. The second kappa shape index (κ2) is 8.96. The summed E-state index contributed by atoms with van der Waals surface area (Å²) in [6.07, 6.45) is 3.22. The molecule has 1 atom stereocenters. The molecule has 2 aromatic rings. The summed E-state index contributed by atoms with van der Waals surface area (Å²) in [4.78, 5) is 31.8. The zero-order chi connectivity index (χ0) is 19.2. The molecule has 1 fully saturated rings. The van der Waals surface area contributed by atoms with E-state index in [0.29, 0.717) is 31.1 Å². The lowest BCUT2D eigenvalue weighted by Crippen LogP contribution is -2.46. The Morgan fingerprint density at radius 1 is 1.37 bits per heavy atom. The van der Waals surface area contributed by atoms with Gasteiger partial charge in [0, 0.05) is 31.7 Å². The molecule has 3 N–H and O–H groups in total. The van der Waals surface area contributed by atoms with Gasteiger partial charge in [-0.1, -0.05) is 0 Å². The van der Waals surface area contributed by atoms with E-state index in [-0.39, 0.29) is 17.7 Å². The average molecular weight is 388 g/mol. The first-order chi connectivity index (χ1) is 13.1. The summed E-state index contributed by atoms with van der Waals surface area (Å²) in [5, 5.41) is 3.60. The van der Waals surface area contributed by atoms with Gasteiger partial charge < -0.3 is 20.7 Å². The molecule has 1 saturated heterocycles. The van der Waals surface area contributed by atoms with Crippen LogP contribution >= 0.6 is 11.3 Å². The van der Waals surface area contributed by atoms with E-state index >= 15 is 0 Å². The molecular weight excluding hydrogens is 364 g/mol. The van der Waals surface area contributed by atoms with E-state index in [0.717, 1.165) is 29.2 Å². The number of ether oxygens (including phenoxy) is 1. The number of rotatable bonds is 6. The monoisotopic (exact) mass is 388 g/mol. The van der Waals surface area contributed by atoms with E-state index in [1.807, 2.05) is 24.3 Å². The van der Waals surface area contributed by atoms with E-state index in [2.05, 4.69) is 10.3 Å². The molecule has 8 heteroatoms. The second-order valence-electron chi connectivity index (χ2n) is 6.43. The van der Waals surface area contributed by atoms with Gasteiger partial charge in [0.15, 0.2) is 0 Å². The number of carbonyl (C=O) groups excluding carboxylic acids is 2. The van der Waals surface area contributed by atoms with Crippen LogP contribution in [0.3, 0.4) is 0 Å². The average Bonchev–Trinajstić information content (AvgIpc) is 3.21. The van der Waals surface area contributed by atoms with Gasteiger partial charge in [0.25, 0.3) is 5.91 Å². The Balaban J connectivity index is 1.66. The third kappa shape index (κ3) is 4.64. The van der Waals surface area contributed by atoms with Crippen LogP contribution in [-0.2, 0) is 4.79 Å². The first kappa shape index (κ1) is 19.3. The second-order valence-corrected chi connectivity index (χ2v) is 7.46. The fraction of sp³-hybridized carbons (Fsp3) is 0.421. The molecule has 2 heterocycles. The summed E-state index contributed by atoms with van der Waals surface area (Å²) in [5.41, 5.74) is 6.37. The van der Waals surface area contributed by atoms with E-state index in [1.54, 1.807) is 18.2 Å². The van der Waals surface area contributed by atoms with Crippen molar-refractivity contribution in [2.45, 2.75) is 12.8 Å². The van der Waals surface area contributed by atoms with Crippen molar-refractivity contribution >= 4 is 23.2 Å². The Morgan fingerprint density at radius 3 is 2.85 bits per heavy atom. The molecule has 1 aliphatic heterocycles. The minimum atomic E-state index is -0.178. The van der Waals surface area contributed by atoms with Crippen LogP contribution in [0.5, 0.6) is 5.75 Å². The number of nitrogens with zero attached hydrogens (tertiary/aromatic N) is 2. The van der Waals surface area contributed by atoms with Crippen LogP contribution < -0.4 is 15.8 Å². The van der Waals surface area contributed by atoms with Crippen LogP contribution in [0.15, 0.2) is 30.5 Å². The Kier molecular flexibility index (Phi) is 6.41. The van der Waals surface area contributed by atoms with Crippen LogP contribution in [0.1, 0.15) is 22.5 Å². The van der Waals surface area contributed by atoms with E-state index in [9.17, 15) is 9.59 Å². The van der Waals surface area contributed by atoms with Gasteiger partial charge in [-0.3, -0.25) is 9.59 Å². The van der Waals surface area contributed by atoms with Gasteiger partial charge in [0.05, 0.1) is 19.2 Å². The van der Waals surface area contributed by atoms with Gasteiger partial charge in [0.1, 0.15) is 15.6 Å². The minimum Gasteiger partial charge on any atom is -0.497 e. The molecule has 7 nitrogen and oxygen atoms in total. The molecule has 2 amide bonds. The highest BCUT2D eigenvalue weighted by Gasteiger charge is 2.29. The lowest BCUT2D eigenvalue weighted by Gasteiger charge is -2.31. The van der Waals surface area contributed by atoms with Crippen LogP contribution in [0.25, 0.3) is 10.6 Å². The van der Waals surface area contributed by atoms with Gasteiger partial charge in [-0.05, 0) is 37.1 Å². The molecule has 3 rings (SSSR count). The Bertz CT molecular complexity index is 791. The maximum absolute atomic E-state index is 12.9. The standard InChI is InChI=1S/C19H24N4O3S/c1-26-15-6-4-13(5-7-15)18-22-11-16(27-18)19(25)23-10-2-3-14(12-23)17(24)21-9-8-20/h4-7,11,14H,2-3,8-10,12,20H2,1H3,(H,21,24). The summed E-state index contributed by atoms with van der Waals surface area (Å²) < 4.78 is 5.16. The molecule has 27 heavy (non-hydrogen) atoms. The van der Waals surface area contributed by atoms with Crippen molar-refractivity contribution in [2.75, 3.05) is 33.3 Å². The van der Waals surface area contributed by atoms with Gasteiger partial charge >= 0.3 is 0 Å². The number of aromatic nitrogens is 1. The summed E-state index contributed by atoms with van der Waals surface area (Å²) >= 11 is 1.36. The Hall–Kier alpha value is -2.45. The molecule has 1 aromatic carbocycles. The third-order valence-corrected chi connectivity index (χ3v) is 5.61. The number of carbonyl (C=O) groups is 2. The zero-order valence-electron chi connectivity index (χ0n) is 15.3. The van der Waals surface area contributed by atoms with E-state index in [4.69, 9.17) is 10.5 Å². The predicted octanol–water partition coefficient (Wildman–Crippen LogP) is 1.75. The number of likely N-dealkylation sites (tertiary alicyclic amines) is 1. The molecule has 1 aliphatic rings. The molecule has 0 spiro atoms. The van der Waals surface area contributed by atoms with Crippen molar-refractivity contribution in [1.29, 1.82) is 0 Å². The topological polar surface area (TPSA) is 97.5 Å². The summed E-state index contributed by atoms with van der Waals surface area (Å²) in [7, 11) is 1.62. The van der Waals surface area contributed by atoms with Crippen molar-refractivity contribution in [3.05, 3.63) is 35.3 Å². The third-order valence-electron chi connectivity index (χ3n) is 4.58. The SMILES string of the molecule is COc1ccc(-c2ncc(C(=O)N3CCCC(C(=O)NCCN)C3)s2)cc1. The van der Waals surface area contributed by atoms with Crippen LogP contribution in [0.2, 0.25) is 0 Å². The van der Waals surface area contributed by atoms with Crippen molar-refractivity contribution in [1.82, 2.24) is 15.2 Å². The first-order valence-corrected chi connectivity index (χ1v) is 9.81. The highest BCUT2D eigenvalue weighted by Crippen LogP contribution is 2.28. The summed E-state index contributed by atoms with van der Waals surface area (Å²) in [6.45, 7) is 1.97. The van der Waals surface area contributed by atoms with Crippen molar-refractivity contribution < 1.29 is 14.3 Å². The lowest BCUT2D eigenvalue weighted by atomic mass is 9.97. The summed E-state index contributed by atoms with van der Waals surface area (Å²) in [6, 6.07) is 7.58. The van der Waals surface area contributed by atoms with Crippen molar-refractivity contribution in [2.24, 2.45) is 11.7 Å². The maximum atomic E-state index is 12.9. The van der Waals surface area contributed by atoms with E-state index in [1.165, 1.54) is 11.3 Å². The van der Waals surface area contributed by atoms with Crippen LogP contribution in [0.4, 0.5) is 0 Å². The maximum Gasteiger partial charge on any atom is 0.265 e. The number of benzene rings is 1. The number of hydrogen-bond donors (Lipinski definition) is 2. The molecule has 0 radical (unpaired) electrons.